The van der Waals surface area contributed by atoms with E-state index in [1.807, 2.05) is 42.5 Å². The molecule has 3 heteroatoms. The summed E-state index contributed by atoms with van der Waals surface area (Å²) in [5.41, 5.74) is 1.54. The summed E-state index contributed by atoms with van der Waals surface area (Å²) in [6.07, 6.45) is 6.15. The van der Waals surface area contributed by atoms with Gasteiger partial charge in [-0.05, 0) is 37.0 Å². The Morgan fingerprint density at radius 1 is 0.897 bits per heavy atom. The molecule has 0 heterocycles. The molecule has 150 valence electrons. The van der Waals surface area contributed by atoms with Crippen molar-refractivity contribution in [2.75, 3.05) is 11.9 Å². The molecule has 3 nitrogen and oxygen atoms in total. The number of hydrogen-bond donors (Lipinski definition) is 1. The minimum absolute atomic E-state index is 0.107. The highest BCUT2D eigenvalue weighted by molar-refractivity contribution is 6.07. The number of carbonyl (C=O) groups excluding carboxylic acids is 1. The second kappa shape index (κ2) is 8.69. The van der Waals surface area contributed by atoms with Gasteiger partial charge in [0.15, 0.2) is 0 Å². The normalized spacial score (nSPS) is 15.8. The minimum Gasteiger partial charge on any atom is -0.493 e. The highest BCUT2D eigenvalue weighted by atomic mass is 16.5. The second-order valence-electron chi connectivity index (χ2n) is 7.97. The van der Waals surface area contributed by atoms with Gasteiger partial charge in [-0.15, -0.1) is 0 Å². The first-order valence-corrected chi connectivity index (χ1v) is 10.8. The molecule has 0 radical (unpaired) electrons. The average molecular weight is 388 g/mol. The molecule has 1 fully saturated rings. The first-order chi connectivity index (χ1) is 14.2. The molecular weight excluding hydrogens is 358 g/mol. The van der Waals surface area contributed by atoms with Crippen molar-refractivity contribution in [3.8, 4) is 5.75 Å². The Hall–Kier alpha value is -2.81. The lowest BCUT2D eigenvalue weighted by Gasteiger charge is -2.36. The van der Waals surface area contributed by atoms with Crippen molar-refractivity contribution in [1.82, 2.24) is 0 Å². The van der Waals surface area contributed by atoms with Crippen LogP contribution in [0.15, 0.2) is 66.7 Å². The fraction of sp³-hybridized carbons (Fsp3) is 0.346. The zero-order chi connectivity index (χ0) is 20.1. The third kappa shape index (κ3) is 3.87. The lowest BCUT2D eigenvalue weighted by molar-refractivity contribution is -0.122. The van der Waals surface area contributed by atoms with Crippen LogP contribution < -0.4 is 10.1 Å². The summed E-state index contributed by atoms with van der Waals surface area (Å²) in [6.45, 7) is 2.79. The van der Waals surface area contributed by atoms with E-state index in [0.29, 0.717) is 6.61 Å². The van der Waals surface area contributed by atoms with E-state index >= 15 is 0 Å². The molecule has 0 aliphatic heterocycles. The van der Waals surface area contributed by atoms with Crippen LogP contribution in [0.2, 0.25) is 0 Å². The summed E-state index contributed by atoms with van der Waals surface area (Å²) >= 11 is 0. The van der Waals surface area contributed by atoms with Gasteiger partial charge < -0.3 is 10.1 Å². The molecular formula is C26H29NO2. The maximum Gasteiger partial charge on any atom is 0.235 e. The van der Waals surface area contributed by atoms with E-state index in [2.05, 4.69) is 36.5 Å². The fourth-order valence-corrected chi connectivity index (χ4v) is 4.52. The van der Waals surface area contributed by atoms with Crippen LogP contribution in [-0.2, 0) is 10.2 Å². The Balaban J connectivity index is 1.69. The van der Waals surface area contributed by atoms with Crippen LogP contribution >= 0.6 is 0 Å². The van der Waals surface area contributed by atoms with E-state index in [1.165, 1.54) is 6.42 Å². The van der Waals surface area contributed by atoms with Gasteiger partial charge in [-0.3, -0.25) is 4.79 Å². The van der Waals surface area contributed by atoms with E-state index in [4.69, 9.17) is 4.74 Å². The van der Waals surface area contributed by atoms with Crippen molar-refractivity contribution in [2.45, 2.75) is 50.9 Å². The van der Waals surface area contributed by atoms with Gasteiger partial charge >= 0.3 is 0 Å². The molecule has 1 aliphatic rings. The van der Waals surface area contributed by atoms with E-state index in [0.717, 1.165) is 59.9 Å². The molecule has 1 N–H and O–H groups in total. The van der Waals surface area contributed by atoms with Gasteiger partial charge in [-0.2, -0.15) is 0 Å². The van der Waals surface area contributed by atoms with Crippen LogP contribution in [0.4, 0.5) is 5.69 Å². The van der Waals surface area contributed by atoms with E-state index in [-0.39, 0.29) is 5.91 Å². The van der Waals surface area contributed by atoms with Crippen LogP contribution in [-0.4, -0.2) is 12.5 Å². The Morgan fingerprint density at radius 3 is 2.31 bits per heavy atom. The number of hydrogen-bond acceptors (Lipinski definition) is 2. The molecule has 1 saturated carbocycles. The van der Waals surface area contributed by atoms with Gasteiger partial charge in [0.05, 0.1) is 12.0 Å². The topological polar surface area (TPSA) is 38.3 Å². The molecule has 1 amide bonds. The molecule has 0 aromatic heterocycles. The minimum atomic E-state index is -0.446. The quantitative estimate of drug-likeness (QED) is 0.526. The number of nitrogens with one attached hydrogen (secondary N) is 1. The Bertz CT molecular complexity index is 974. The van der Waals surface area contributed by atoms with Crippen molar-refractivity contribution in [1.29, 1.82) is 0 Å². The number of carbonyl (C=O) groups is 1. The highest BCUT2D eigenvalue weighted by Crippen LogP contribution is 2.41. The van der Waals surface area contributed by atoms with Gasteiger partial charge in [-0.25, -0.2) is 0 Å². The van der Waals surface area contributed by atoms with Gasteiger partial charge in [0.25, 0.3) is 0 Å². The van der Waals surface area contributed by atoms with Crippen molar-refractivity contribution in [3.05, 3.63) is 72.3 Å². The first-order valence-electron chi connectivity index (χ1n) is 10.8. The number of ether oxygens (including phenoxy) is 1. The summed E-state index contributed by atoms with van der Waals surface area (Å²) in [5.74, 6) is 0.978. The van der Waals surface area contributed by atoms with Crippen molar-refractivity contribution in [3.63, 3.8) is 0 Å². The van der Waals surface area contributed by atoms with Crippen LogP contribution in [0.5, 0.6) is 5.75 Å². The highest BCUT2D eigenvalue weighted by Gasteiger charge is 2.41. The van der Waals surface area contributed by atoms with Crippen molar-refractivity contribution < 1.29 is 9.53 Å². The largest absolute Gasteiger partial charge is 0.493 e. The zero-order valence-electron chi connectivity index (χ0n) is 17.1. The molecule has 0 spiro atoms. The fourth-order valence-electron chi connectivity index (χ4n) is 4.52. The molecule has 3 aromatic carbocycles. The molecule has 0 atom stereocenters. The molecule has 1 aliphatic carbocycles. The van der Waals surface area contributed by atoms with E-state index < -0.39 is 5.41 Å². The molecule has 0 unspecified atom stereocenters. The van der Waals surface area contributed by atoms with Gasteiger partial charge in [0, 0.05) is 16.5 Å². The lowest BCUT2D eigenvalue weighted by Crippen LogP contribution is -2.42. The average Bonchev–Trinajstić information content (AvgIpc) is 2.79. The van der Waals surface area contributed by atoms with Crippen LogP contribution in [0.3, 0.4) is 0 Å². The summed E-state index contributed by atoms with van der Waals surface area (Å²) in [4.78, 5) is 13.6. The predicted molar refractivity (Wildman–Crippen MR) is 120 cm³/mol. The number of amides is 1. The van der Waals surface area contributed by atoms with Crippen molar-refractivity contribution in [2.24, 2.45) is 0 Å². The molecule has 3 aromatic rings. The van der Waals surface area contributed by atoms with Crippen LogP contribution in [0.1, 0.15) is 51.0 Å². The smallest absolute Gasteiger partial charge is 0.235 e. The Labute approximate surface area is 173 Å². The summed E-state index contributed by atoms with van der Waals surface area (Å²) in [7, 11) is 0. The maximum atomic E-state index is 13.6. The van der Waals surface area contributed by atoms with Crippen LogP contribution in [0.25, 0.3) is 10.8 Å². The Kier molecular flexibility index (Phi) is 5.84. The predicted octanol–water partition coefficient (Wildman–Crippen LogP) is 6.47. The number of anilines is 1. The first kappa shape index (κ1) is 19.5. The summed E-state index contributed by atoms with van der Waals surface area (Å²) < 4.78 is 5.92. The van der Waals surface area contributed by atoms with Crippen molar-refractivity contribution >= 4 is 22.4 Å². The van der Waals surface area contributed by atoms with Gasteiger partial charge in [-0.1, -0.05) is 80.8 Å². The van der Waals surface area contributed by atoms with E-state index in [9.17, 15) is 4.79 Å². The second-order valence-corrected chi connectivity index (χ2v) is 7.97. The number of rotatable bonds is 6. The molecule has 29 heavy (non-hydrogen) atoms. The number of benzene rings is 3. The summed E-state index contributed by atoms with van der Waals surface area (Å²) in [6, 6.07) is 22.4. The molecule has 0 bridgehead atoms. The molecule has 4 rings (SSSR count). The SMILES string of the molecule is CCCOc1ccc(NC(=O)C2(c3ccccc3)CCCCC2)c2ccccc12. The van der Waals surface area contributed by atoms with Gasteiger partial charge in [0.1, 0.15) is 5.75 Å². The lowest BCUT2D eigenvalue weighted by atomic mass is 9.68. The van der Waals surface area contributed by atoms with E-state index in [1.54, 1.807) is 0 Å². The third-order valence-electron chi connectivity index (χ3n) is 6.06. The monoisotopic (exact) mass is 387 g/mol. The van der Waals surface area contributed by atoms with Crippen LogP contribution in [0, 0.1) is 0 Å². The zero-order valence-corrected chi connectivity index (χ0v) is 17.1. The Morgan fingerprint density at radius 2 is 1.59 bits per heavy atom. The third-order valence-corrected chi connectivity index (χ3v) is 6.06. The maximum absolute atomic E-state index is 13.6. The molecule has 0 saturated heterocycles. The standard InChI is InChI=1S/C26H29NO2/c1-2-19-29-24-16-15-23(21-13-7-8-14-22(21)24)27-25(28)26(17-9-4-10-18-26)20-11-5-3-6-12-20/h3,5-8,11-16H,2,4,9-10,17-19H2,1H3,(H,27,28). The van der Waals surface area contributed by atoms with Gasteiger partial charge in [0.2, 0.25) is 5.91 Å². The number of fused-ring (bicyclic) bond motifs is 1. The summed E-state index contributed by atoms with van der Waals surface area (Å²) in [5, 5.41) is 5.34.